The Bertz CT molecular complexity index is 2560. The zero-order chi connectivity index (χ0) is 34.5. The van der Waals surface area contributed by atoms with Crippen LogP contribution in [0.25, 0.3) is 27.6 Å². The summed E-state index contributed by atoms with van der Waals surface area (Å²) in [7, 11) is 0. The van der Waals surface area contributed by atoms with Crippen molar-refractivity contribution < 1.29 is 25.8 Å². The third kappa shape index (κ3) is 5.71. The molecule has 1 fully saturated rings. The summed E-state index contributed by atoms with van der Waals surface area (Å²) in [4.78, 5) is 9.34. The SMILES string of the molecule is [Pt].[c-]1c(Oc2[c-]c3c(cc2)c2ccccc2n3-c2cc(C3(c4ccccc4)CCCC3)ccn2)cccc1N1[CH-]N(c2ccccc2)c2ccccc21. The molecule has 10 rings (SSSR count). The molecule has 0 amide bonds. The monoisotopic (exact) mass is 866 g/mol. The molecule has 8 aromatic rings. The second-order valence-corrected chi connectivity index (χ2v) is 13.7. The van der Waals surface area contributed by atoms with Crippen molar-refractivity contribution in [2.75, 3.05) is 9.80 Å². The zero-order valence-corrected chi connectivity index (χ0v) is 31.2. The van der Waals surface area contributed by atoms with Gasteiger partial charge in [-0.3, -0.25) is 0 Å². The molecule has 5 nitrogen and oxygen atoms in total. The van der Waals surface area contributed by atoms with Crippen molar-refractivity contribution in [3.05, 3.63) is 188 Å². The molecule has 262 valence electrons. The molecule has 0 atom stereocenters. The van der Waals surface area contributed by atoms with Gasteiger partial charge < -0.3 is 19.1 Å². The number of hydrogen-bond acceptors (Lipinski definition) is 4. The summed E-state index contributed by atoms with van der Waals surface area (Å²) in [5.41, 5.74) is 8.89. The minimum atomic E-state index is -0.0119. The molecule has 0 N–H and O–H groups in total. The van der Waals surface area contributed by atoms with E-state index in [4.69, 9.17) is 9.72 Å². The molecule has 6 heteroatoms. The smallest absolute Gasteiger partial charge is 0.135 e. The average Bonchev–Trinajstić information content (AvgIpc) is 3.94. The average molecular weight is 867 g/mol. The second-order valence-electron chi connectivity index (χ2n) is 13.7. The van der Waals surface area contributed by atoms with Gasteiger partial charge in [0.05, 0.1) is 0 Å². The summed E-state index contributed by atoms with van der Waals surface area (Å²) in [6.45, 7) is 2.11. The van der Waals surface area contributed by atoms with E-state index in [1.807, 2.05) is 30.5 Å². The number of pyridine rings is 1. The van der Waals surface area contributed by atoms with Gasteiger partial charge in [0.1, 0.15) is 5.82 Å². The summed E-state index contributed by atoms with van der Waals surface area (Å²) >= 11 is 0. The minimum absolute atomic E-state index is 0. The topological polar surface area (TPSA) is 33.5 Å². The van der Waals surface area contributed by atoms with E-state index < -0.39 is 0 Å². The van der Waals surface area contributed by atoms with E-state index in [2.05, 4.69) is 161 Å². The van der Waals surface area contributed by atoms with E-state index in [1.54, 1.807) is 0 Å². The van der Waals surface area contributed by atoms with Gasteiger partial charge in [-0.25, -0.2) is 4.98 Å². The number of fused-ring (bicyclic) bond motifs is 4. The van der Waals surface area contributed by atoms with Crippen molar-refractivity contribution >= 4 is 44.6 Å². The van der Waals surface area contributed by atoms with Gasteiger partial charge >= 0.3 is 0 Å². The van der Waals surface area contributed by atoms with E-state index in [0.717, 1.165) is 63.2 Å². The normalized spacial score (nSPS) is 14.7. The Morgan fingerprint density at radius 2 is 1.30 bits per heavy atom. The molecule has 1 aliphatic carbocycles. The van der Waals surface area contributed by atoms with Gasteiger partial charge in [0.25, 0.3) is 0 Å². The van der Waals surface area contributed by atoms with Crippen LogP contribution in [0.15, 0.2) is 158 Å². The maximum Gasteiger partial charge on any atom is 0.135 e. The van der Waals surface area contributed by atoms with E-state index in [-0.39, 0.29) is 26.5 Å². The predicted molar refractivity (Wildman–Crippen MR) is 210 cm³/mol. The summed E-state index contributed by atoms with van der Waals surface area (Å²) in [5.74, 6) is 2.12. The van der Waals surface area contributed by atoms with Gasteiger partial charge in [-0.1, -0.05) is 97.2 Å². The van der Waals surface area contributed by atoms with Crippen LogP contribution < -0.4 is 14.5 Å². The van der Waals surface area contributed by atoms with Gasteiger partial charge in [-0.2, -0.15) is 12.1 Å². The number of anilines is 4. The number of rotatable bonds is 7. The number of ether oxygens (including phenoxy) is 1. The zero-order valence-electron chi connectivity index (χ0n) is 28.9. The predicted octanol–water partition coefficient (Wildman–Crippen LogP) is 11.8. The van der Waals surface area contributed by atoms with E-state index >= 15 is 0 Å². The Morgan fingerprint density at radius 3 is 2.11 bits per heavy atom. The minimum Gasteiger partial charge on any atom is -0.509 e. The van der Waals surface area contributed by atoms with Crippen LogP contribution in [-0.4, -0.2) is 9.55 Å². The van der Waals surface area contributed by atoms with Crippen molar-refractivity contribution in [3.8, 4) is 17.3 Å². The largest absolute Gasteiger partial charge is 0.509 e. The van der Waals surface area contributed by atoms with Gasteiger partial charge in [0, 0.05) is 66.8 Å². The number of benzene rings is 6. The molecule has 2 aromatic heterocycles. The van der Waals surface area contributed by atoms with Crippen LogP contribution in [-0.2, 0) is 26.5 Å². The molecule has 3 heterocycles. The van der Waals surface area contributed by atoms with Crippen molar-refractivity contribution in [1.82, 2.24) is 9.55 Å². The molecule has 1 aliphatic heterocycles. The third-order valence-corrected chi connectivity index (χ3v) is 10.8. The van der Waals surface area contributed by atoms with E-state index in [0.29, 0.717) is 11.5 Å². The van der Waals surface area contributed by atoms with Crippen LogP contribution in [0.3, 0.4) is 0 Å². The molecule has 53 heavy (non-hydrogen) atoms. The van der Waals surface area contributed by atoms with E-state index in [1.165, 1.54) is 24.0 Å². The summed E-state index contributed by atoms with van der Waals surface area (Å²) < 4.78 is 8.79. The molecular weight excluding hydrogens is 832 g/mol. The number of hydrogen-bond donors (Lipinski definition) is 0. The first-order valence-electron chi connectivity index (χ1n) is 18.0. The van der Waals surface area contributed by atoms with E-state index in [9.17, 15) is 0 Å². The molecule has 0 bridgehead atoms. The van der Waals surface area contributed by atoms with Crippen molar-refractivity contribution in [2.45, 2.75) is 31.1 Å². The van der Waals surface area contributed by atoms with Crippen LogP contribution in [0, 0.1) is 18.8 Å². The Morgan fingerprint density at radius 1 is 0.604 bits per heavy atom. The Labute approximate surface area is 324 Å². The van der Waals surface area contributed by atoms with Gasteiger partial charge in [-0.15, -0.1) is 48.1 Å². The van der Waals surface area contributed by atoms with Crippen molar-refractivity contribution in [3.63, 3.8) is 0 Å². The van der Waals surface area contributed by atoms with Gasteiger partial charge in [0.15, 0.2) is 0 Å². The maximum absolute atomic E-state index is 6.55. The summed E-state index contributed by atoms with van der Waals surface area (Å²) in [6, 6.07) is 60.2. The van der Waals surface area contributed by atoms with Gasteiger partial charge in [-0.05, 0) is 71.8 Å². The standard InChI is InChI=1S/C47H35N4O.Pt/c1-3-14-34(15-4-1)47(27-11-12-28-47)35-26-29-48-46(30-35)51-42-21-8-7-20-40(42)41-25-24-39(32-45(41)51)52-38-19-13-18-37(31-38)50-33-49(36-16-5-2-6-17-36)43-22-9-10-23-44(43)50;/h1-10,13-26,29-30,33H,11-12,27-28H2;/q-3;. The first-order valence-corrected chi connectivity index (χ1v) is 18.0. The maximum atomic E-state index is 6.55. The molecule has 2 aliphatic rings. The fraction of sp³-hybridized carbons (Fsp3) is 0.106. The molecule has 1 saturated carbocycles. The summed E-state index contributed by atoms with van der Waals surface area (Å²) in [6.07, 6.45) is 6.70. The molecule has 0 unspecified atom stereocenters. The van der Waals surface area contributed by atoms with Crippen LogP contribution >= 0.6 is 0 Å². The van der Waals surface area contributed by atoms with Gasteiger partial charge in [0.2, 0.25) is 0 Å². The Hall–Kier alpha value is -5.64. The molecular formula is C47H35N4OPt-3. The first kappa shape index (κ1) is 33.2. The number of aromatic nitrogens is 2. The molecule has 0 spiro atoms. The third-order valence-electron chi connectivity index (χ3n) is 10.8. The molecule has 0 saturated heterocycles. The number of nitrogens with zero attached hydrogens (tertiary/aromatic N) is 4. The Kier molecular flexibility index (Phi) is 8.60. The first-order chi connectivity index (χ1) is 25.7. The molecule has 0 radical (unpaired) electrons. The van der Waals surface area contributed by atoms with Crippen LogP contribution in [0.5, 0.6) is 11.5 Å². The van der Waals surface area contributed by atoms with Crippen LogP contribution in [0.4, 0.5) is 22.7 Å². The Balaban J connectivity index is 0.00000372. The van der Waals surface area contributed by atoms with Crippen LogP contribution in [0.2, 0.25) is 0 Å². The van der Waals surface area contributed by atoms with Crippen LogP contribution in [0.1, 0.15) is 36.8 Å². The van der Waals surface area contributed by atoms with Crippen molar-refractivity contribution in [2.24, 2.45) is 0 Å². The van der Waals surface area contributed by atoms with Crippen molar-refractivity contribution in [1.29, 1.82) is 0 Å². The quantitative estimate of drug-likeness (QED) is 0.149. The fourth-order valence-corrected chi connectivity index (χ4v) is 8.34. The summed E-state index contributed by atoms with van der Waals surface area (Å²) in [5, 5.41) is 2.27. The fourth-order valence-electron chi connectivity index (χ4n) is 8.34. The number of para-hydroxylation sites is 4. The molecule has 6 aromatic carbocycles. The second kappa shape index (κ2) is 13.7.